The molecule has 0 spiro atoms. The summed E-state index contributed by atoms with van der Waals surface area (Å²) in [6.07, 6.45) is 2.01. The Bertz CT molecular complexity index is 838. The van der Waals surface area contributed by atoms with Crippen molar-refractivity contribution >= 4 is 16.7 Å². The quantitative estimate of drug-likeness (QED) is 0.645. The van der Waals surface area contributed by atoms with E-state index in [1.807, 2.05) is 30.3 Å². The van der Waals surface area contributed by atoms with Crippen molar-refractivity contribution in [1.82, 2.24) is 9.97 Å². The Morgan fingerprint density at radius 2 is 2.08 bits per heavy atom. The fourth-order valence-electron chi connectivity index (χ4n) is 2.38. The average Bonchev–Trinajstić information content (AvgIpc) is 3.08. The van der Waals surface area contributed by atoms with Gasteiger partial charge in [-0.1, -0.05) is 12.1 Å². The average molecular weight is 324 g/mol. The molecule has 1 unspecified atom stereocenters. The van der Waals surface area contributed by atoms with Crippen LogP contribution in [0.4, 0.5) is 10.1 Å². The Hall–Kier alpha value is -3.07. The maximum atomic E-state index is 12.1. The van der Waals surface area contributed by atoms with Crippen LogP contribution in [0.2, 0.25) is 0 Å². The van der Waals surface area contributed by atoms with Gasteiger partial charge in [0.25, 0.3) is 0 Å². The number of rotatable bonds is 7. The monoisotopic (exact) mass is 324 g/mol. The van der Waals surface area contributed by atoms with E-state index < -0.39 is 6.04 Å². The molecule has 1 heterocycles. The third-order valence-corrected chi connectivity index (χ3v) is 3.62. The third-order valence-electron chi connectivity index (χ3n) is 3.62. The van der Waals surface area contributed by atoms with Gasteiger partial charge in [-0.2, -0.15) is 5.26 Å². The van der Waals surface area contributed by atoms with Crippen LogP contribution in [0.3, 0.4) is 0 Å². The molecule has 0 aliphatic rings. The zero-order chi connectivity index (χ0) is 16.8. The number of hydrogen-bond acceptors (Lipinski definition) is 4. The van der Waals surface area contributed by atoms with Gasteiger partial charge in [0.15, 0.2) is 0 Å². The van der Waals surface area contributed by atoms with Crippen LogP contribution < -0.4 is 10.1 Å². The molecule has 0 aliphatic carbocycles. The molecule has 3 rings (SSSR count). The largest absolute Gasteiger partial charge is 0.494 e. The van der Waals surface area contributed by atoms with E-state index in [1.165, 1.54) is 0 Å². The lowest BCUT2D eigenvalue weighted by Gasteiger charge is -2.14. The van der Waals surface area contributed by atoms with Crippen molar-refractivity contribution in [2.24, 2.45) is 0 Å². The number of nitrogens with one attached hydrogen (secondary N) is 2. The number of nitrogens with zero attached hydrogens (tertiary/aromatic N) is 2. The summed E-state index contributed by atoms with van der Waals surface area (Å²) in [7, 11) is 0. The fourth-order valence-corrected chi connectivity index (χ4v) is 2.38. The first kappa shape index (κ1) is 15.8. The molecule has 5 nitrogen and oxygen atoms in total. The number of aromatic nitrogens is 2. The standard InChI is InChI=1S/C18H17FN4O/c19-8-1-9-24-15-5-2-13(3-6-15)18(11-20)23-14-4-7-16-17(10-14)22-12-21-16/h2-7,10,12,18,23H,1,8-9H2,(H,21,22). The van der Waals surface area contributed by atoms with Crippen LogP contribution in [-0.4, -0.2) is 23.2 Å². The van der Waals surface area contributed by atoms with E-state index in [1.54, 1.807) is 18.5 Å². The number of alkyl halides is 1. The van der Waals surface area contributed by atoms with Gasteiger partial charge in [-0.05, 0) is 35.9 Å². The minimum absolute atomic E-state index is 0.347. The first-order valence-corrected chi connectivity index (χ1v) is 7.68. The van der Waals surface area contributed by atoms with Gasteiger partial charge < -0.3 is 15.0 Å². The molecule has 0 aliphatic heterocycles. The molecule has 24 heavy (non-hydrogen) atoms. The lowest BCUT2D eigenvalue weighted by Crippen LogP contribution is -2.08. The molecule has 0 fully saturated rings. The number of imidazole rings is 1. The van der Waals surface area contributed by atoms with Crippen LogP contribution in [0.25, 0.3) is 11.0 Å². The van der Waals surface area contributed by atoms with Crippen molar-refractivity contribution in [3.8, 4) is 11.8 Å². The maximum absolute atomic E-state index is 12.1. The molecule has 122 valence electrons. The van der Waals surface area contributed by atoms with Crippen LogP contribution in [0.1, 0.15) is 18.0 Å². The molecular formula is C18H17FN4O. The summed E-state index contributed by atoms with van der Waals surface area (Å²) in [5, 5.41) is 12.7. The molecule has 2 aromatic carbocycles. The highest BCUT2D eigenvalue weighted by Crippen LogP contribution is 2.23. The Labute approximate surface area is 139 Å². The second-order valence-electron chi connectivity index (χ2n) is 5.30. The van der Waals surface area contributed by atoms with E-state index in [2.05, 4.69) is 21.4 Å². The predicted molar refractivity (Wildman–Crippen MR) is 90.6 cm³/mol. The van der Waals surface area contributed by atoms with Gasteiger partial charge in [0.2, 0.25) is 0 Å². The highest BCUT2D eigenvalue weighted by atomic mass is 19.1. The Balaban J connectivity index is 1.70. The highest BCUT2D eigenvalue weighted by Gasteiger charge is 2.11. The molecule has 6 heteroatoms. The summed E-state index contributed by atoms with van der Waals surface area (Å²) < 4.78 is 17.5. The molecular weight excluding hydrogens is 307 g/mol. The van der Waals surface area contributed by atoms with E-state index in [0.29, 0.717) is 18.8 Å². The van der Waals surface area contributed by atoms with Gasteiger partial charge in [0.1, 0.15) is 11.8 Å². The van der Waals surface area contributed by atoms with Crippen LogP contribution >= 0.6 is 0 Å². The molecule has 0 saturated heterocycles. The van der Waals surface area contributed by atoms with Gasteiger partial charge in [0.05, 0.1) is 36.7 Å². The minimum Gasteiger partial charge on any atom is -0.494 e. The van der Waals surface area contributed by atoms with E-state index in [4.69, 9.17) is 4.74 Å². The second-order valence-corrected chi connectivity index (χ2v) is 5.30. The third kappa shape index (κ3) is 3.63. The Morgan fingerprint density at radius 1 is 1.25 bits per heavy atom. The van der Waals surface area contributed by atoms with Crippen LogP contribution in [0.15, 0.2) is 48.8 Å². The number of benzene rings is 2. The minimum atomic E-state index is -0.481. The summed E-state index contributed by atoms with van der Waals surface area (Å²) in [5.41, 5.74) is 3.46. The molecule has 3 aromatic rings. The van der Waals surface area contributed by atoms with Gasteiger partial charge in [-0.3, -0.25) is 4.39 Å². The lowest BCUT2D eigenvalue weighted by atomic mass is 10.1. The van der Waals surface area contributed by atoms with E-state index in [0.717, 1.165) is 22.3 Å². The van der Waals surface area contributed by atoms with Crippen LogP contribution in [-0.2, 0) is 0 Å². The van der Waals surface area contributed by atoms with Crippen LogP contribution in [0.5, 0.6) is 5.75 Å². The van der Waals surface area contributed by atoms with Crippen molar-refractivity contribution in [1.29, 1.82) is 5.26 Å². The first-order valence-electron chi connectivity index (χ1n) is 7.68. The SMILES string of the molecule is N#CC(Nc1ccc2nc[nH]c2c1)c1ccc(OCCCF)cc1. The Morgan fingerprint density at radius 3 is 2.83 bits per heavy atom. The zero-order valence-corrected chi connectivity index (χ0v) is 13.0. The first-order chi connectivity index (χ1) is 11.8. The van der Waals surface area contributed by atoms with E-state index in [-0.39, 0.29) is 6.67 Å². The normalized spacial score (nSPS) is 11.8. The number of nitriles is 1. The fraction of sp³-hybridized carbons (Fsp3) is 0.222. The maximum Gasteiger partial charge on any atom is 0.140 e. The van der Waals surface area contributed by atoms with Gasteiger partial charge in [-0.15, -0.1) is 0 Å². The van der Waals surface area contributed by atoms with Gasteiger partial charge >= 0.3 is 0 Å². The number of anilines is 1. The van der Waals surface area contributed by atoms with Crippen molar-refractivity contribution in [2.45, 2.75) is 12.5 Å². The molecule has 1 aromatic heterocycles. The van der Waals surface area contributed by atoms with Crippen molar-refractivity contribution in [2.75, 3.05) is 18.6 Å². The number of H-pyrrole nitrogens is 1. The summed E-state index contributed by atoms with van der Waals surface area (Å²) >= 11 is 0. The molecule has 1 atom stereocenters. The topological polar surface area (TPSA) is 73.7 Å². The smallest absolute Gasteiger partial charge is 0.140 e. The highest BCUT2D eigenvalue weighted by molar-refractivity contribution is 5.78. The number of halogens is 1. The molecule has 0 amide bonds. The van der Waals surface area contributed by atoms with Gasteiger partial charge in [-0.25, -0.2) is 4.98 Å². The summed E-state index contributed by atoms with van der Waals surface area (Å²) in [5.74, 6) is 0.669. The van der Waals surface area contributed by atoms with E-state index >= 15 is 0 Å². The number of ether oxygens (including phenoxy) is 1. The molecule has 0 bridgehead atoms. The van der Waals surface area contributed by atoms with Gasteiger partial charge in [0, 0.05) is 12.1 Å². The lowest BCUT2D eigenvalue weighted by molar-refractivity contribution is 0.289. The van der Waals surface area contributed by atoms with Crippen molar-refractivity contribution < 1.29 is 9.13 Å². The molecule has 2 N–H and O–H groups in total. The Kier molecular flexibility index (Phi) is 4.92. The number of fused-ring (bicyclic) bond motifs is 1. The predicted octanol–water partition coefficient (Wildman–Crippen LogP) is 3.98. The second kappa shape index (κ2) is 7.47. The summed E-state index contributed by atoms with van der Waals surface area (Å²) in [6, 6.07) is 14.7. The molecule has 0 radical (unpaired) electrons. The van der Waals surface area contributed by atoms with Crippen molar-refractivity contribution in [3.05, 3.63) is 54.4 Å². The van der Waals surface area contributed by atoms with Crippen LogP contribution in [0, 0.1) is 11.3 Å². The number of hydrogen-bond donors (Lipinski definition) is 2. The van der Waals surface area contributed by atoms with Crippen molar-refractivity contribution in [3.63, 3.8) is 0 Å². The summed E-state index contributed by atoms with van der Waals surface area (Å²) in [4.78, 5) is 7.22. The zero-order valence-electron chi connectivity index (χ0n) is 13.0. The number of aromatic amines is 1. The molecule has 0 saturated carbocycles. The van der Waals surface area contributed by atoms with E-state index in [9.17, 15) is 9.65 Å². The summed E-state index contributed by atoms with van der Waals surface area (Å²) in [6.45, 7) is -0.0425.